The lowest BCUT2D eigenvalue weighted by Crippen LogP contribution is -2.41. The zero-order valence-corrected chi connectivity index (χ0v) is 14.6. The van der Waals surface area contributed by atoms with Crippen LogP contribution in [0.2, 0.25) is 0 Å². The molecule has 0 spiro atoms. The summed E-state index contributed by atoms with van der Waals surface area (Å²) in [6, 6.07) is 15.4. The molecule has 1 aliphatic rings. The van der Waals surface area contributed by atoms with Crippen molar-refractivity contribution < 1.29 is 13.9 Å². The Hall–Kier alpha value is -2.75. The maximum Gasteiger partial charge on any atom is 0.287 e. The number of aryl methyl sites for hydroxylation is 1. The van der Waals surface area contributed by atoms with E-state index in [1.165, 1.54) is 0 Å². The van der Waals surface area contributed by atoms with E-state index in [0.717, 1.165) is 27.8 Å². The molecule has 1 N–H and O–H groups in total. The SMILES string of the molecule is Cc1ccc2c(c1)C(NC(=O)c1cc3ccccc3o1)CC(C)(C)O2. The Balaban J connectivity index is 1.65. The number of hydrogen-bond acceptors (Lipinski definition) is 3. The van der Waals surface area contributed by atoms with E-state index < -0.39 is 0 Å². The van der Waals surface area contributed by atoms with E-state index in [1.807, 2.05) is 57.2 Å². The van der Waals surface area contributed by atoms with Crippen LogP contribution in [0.5, 0.6) is 5.75 Å². The Morgan fingerprint density at radius 1 is 1.16 bits per heavy atom. The van der Waals surface area contributed by atoms with Crippen LogP contribution in [0.25, 0.3) is 11.0 Å². The summed E-state index contributed by atoms with van der Waals surface area (Å²) >= 11 is 0. The number of carbonyl (C=O) groups is 1. The van der Waals surface area contributed by atoms with Crippen molar-refractivity contribution >= 4 is 16.9 Å². The lowest BCUT2D eigenvalue weighted by molar-refractivity contribution is 0.0611. The average molecular weight is 335 g/mol. The van der Waals surface area contributed by atoms with E-state index in [1.54, 1.807) is 6.07 Å². The van der Waals surface area contributed by atoms with Gasteiger partial charge >= 0.3 is 0 Å². The maximum absolute atomic E-state index is 12.7. The average Bonchev–Trinajstić information content (AvgIpc) is 2.99. The van der Waals surface area contributed by atoms with Gasteiger partial charge < -0.3 is 14.5 Å². The molecule has 25 heavy (non-hydrogen) atoms. The van der Waals surface area contributed by atoms with Crippen LogP contribution >= 0.6 is 0 Å². The first kappa shape index (κ1) is 15.8. The second kappa shape index (κ2) is 5.66. The van der Waals surface area contributed by atoms with Gasteiger partial charge in [-0.2, -0.15) is 0 Å². The molecule has 4 heteroatoms. The zero-order valence-electron chi connectivity index (χ0n) is 14.6. The molecule has 1 aromatic heterocycles. The molecule has 1 atom stereocenters. The standard InChI is InChI=1S/C21H21NO3/c1-13-8-9-18-15(10-13)16(12-21(2,3)25-18)22-20(23)19-11-14-6-4-5-7-17(14)24-19/h4-11,16H,12H2,1-3H3,(H,22,23). The fraction of sp³-hybridized carbons (Fsp3) is 0.286. The lowest BCUT2D eigenvalue weighted by atomic mass is 9.89. The van der Waals surface area contributed by atoms with Crippen molar-refractivity contribution in [3.05, 3.63) is 65.4 Å². The number of carbonyl (C=O) groups excluding carboxylic acids is 1. The molecule has 2 heterocycles. The van der Waals surface area contributed by atoms with Crippen molar-refractivity contribution in [2.24, 2.45) is 0 Å². The Morgan fingerprint density at radius 3 is 2.76 bits per heavy atom. The van der Waals surface area contributed by atoms with Gasteiger partial charge in [0.25, 0.3) is 5.91 Å². The normalized spacial score (nSPS) is 18.4. The van der Waals surface area contributed by atoms with Crippen molar-refractivity contribution in [2.45, 2.75) is 38.8 Å². The van der Waals surface area contributed by atoms with Gasteiger partial charge in [0.15, 0.2) is 5.76 Å². The molecule has 0 radical (unpaired) electrons. The van der Waals surface area contributed by atoms with Crippen LogP contribution < -0.4 is 10.1 Å². The molecule has 1 unspecified atom stereocenters. The summed E-state index contributed by atoms with van der Waals surface area (Å²) in [4.78, 5) is 12.7. The van der Waals surface area contributed by atoms with E-state index in [-0.39, 0.29) is 17.6 Å². The van der Waals surface area contributed by atoms with Crippen LogP contribution in [0.15, 0.2) is 52.9 Å². The maximum atomic E-state index is 12.7. The van der Waals surface area contributed by atoms with Gasteiger partial charge in [0, 0.05) is 17.4 Å². The minimum absolute atomic E-state index is 0.112. The van der Waals surface area contributed by atoms with Gasteiger partial charge in [-0.25, -0.2) is 0 Å². The summed E-state index contributed by atoms with van der Waals surface area (Å²) < 4.78 is 11.8. The van der Waals surface area contributed by atoms with Crippen LogP contribution in [0.3, 0.4) is 0 Å². The Kier molecular flexibility index (Phi) is 3.57. The van der Waals surface area contributed by atoms with E-state index >= 15 is 0 Å². The lowest BCUT2D eigenvalue weighted by Gasteiger charge is -2.38. The van der Waals surface area contributed by atoms with Crippen molar-refractivity contribution in [1.82, 2.24) is 5.32 Å². The summed E-state index contributed by atoms with van der Waals surface area (Å²) in [6.45, 7) is 6.12. The molecule has 0 saturated heterocycles. The molecule has 128 valence electrons. The van der Waals surface area contributed by atoms with Gasteiger partial charge in [-0.05, 0) is 39.0 Å². The molecular formula is C21H21NO3. The highest BCUT2D eigenvalue weighted by Crippen LogP contribution is 2.40. The van der Waals surface area contributed by atoms with Gasteiger partial charge in [0.05, 0.1) is 6.04 Å². The number of furan rings is 1. The predicted molar refractivity (Wildman–Crippen MR) is 96.9 cm³/mol. The van der Waals surface area contributed by atoms with Crippen molar-refractivity contribution in [2.75, 3.05) is 0 Å². The molecule has 0 saturated carbocycles. The summed E-state index contributed by atoms with van der Waals surface area (Å²) in [6.07, 6.45) is 0.704. The van der Waals surface area contributed by atoms with Gasteiger partial charge in [-0.3, -0.25) is 4.79 Å². The first-order valence-electron chi connectivity index (χ1n) is 8.50. The first-order chi connectivity index (χ1) is 11.9. The Labute approximate surface area is 146 Å². The smallest absolute Gasteiger partial charge is 0.287 e. The number of nitrogens with one attached hydrogen (secondary N) is 1. The molecule has 0 bridgehead atoms. The van der Waals surface area contributed by atoms with Gasteiger partial charge in [-0.1, -0.05) is 35.9 Å². The summed E-state index contributed by atoms with van der Waals surface area (Å²) in [5, 5.41) is 4.05. The van der Waals surface area contributed by atoms with E-state index in [9.17, 15) is 4.79 Å². The van der Waals surface area contributed by atoms with Crippen LogP contribution in [-0.4, -0.2) is 11.5 Å². The zero-order chi connectivity index (χ0) is 17.6. The van der Waals surface area contributed by atoms with E-state index in [0.29, 0.717) is 12.2 Å². The molecule has 0 fully saturated rings. The minimum Gasteiger partial charge on any atom is -0.487 e. The Bertz CT molecular complexity index is 922. The first-order valence-corrected chi connectivity index (χ1v) is 8.50. The summed E-state index contributed by atoms with van der Waals surface area (Å²) in [7, 11) is 0. The summed E-state index contributed by atoms with van der Waals surface area (Å²) in [5.41, 5.74) is 2.54. The largest absolute Gasteiger partial charge is 0.487 e. The molecule has 1 amide bonds. The second-order valence-electron chi connectivity index (χ2n) is 7.28. The molecular weight excluding hydrogens is 314 g/mol. The van der Waals surface area contributed by atoms with E-state index in [4.69, 9.17) is 9.15 Å². The van der Waals surface area contributed by atoms with Crippen LogP contribution in [0.4, 0.5) is 0 Å². The second-order valence-corrected chi connectivity index (χ2v) is 7.28. The highest BCUT2D eigenvalue weighted by molar-refractivity contribution is 5.96. The number of hydrogen-bond donors (Lipinski definition) is 1. The number of benzene rings is 2. The number of amides is 1. The number of fused-ring (bicyclic) bond motifs is 2. The van der Waals surface area contributed by atoms with Crippen LogP contribution in [-0.2, 0) is 0 Å². The fourth-order valence-electron chi connectivity index (χ4n) is 3.43. The van der Waals surface area contributed by atoms with Crippen molar-refractivity contribution in [3.63, 3.8) is 0 Å². The topological polar surface area (TPSA) is 51.5 Å². The predicted octanol–water partition coefficient (Wildman–Crippen LogP) is 4.77. The van der Waals surface area contributed by atoms with Gasteiger partial charge in [-0.15, -0.1) is 0 Å². The van der Waals surface area contributed by atoms with Gasteiger partial charge in [0.2, 0.25) is 0 Å². The molecule has 1 aliphatic heterocycles. The summed E-state index contributed by atoms with van der Waals surface area (Å²) in [5.74, 6) is 0.961. The Morgan fingerprint density at radius 2 is 1.96 bits per heavy atom. The minimum atomic E-state index is -0.339. The van der Waals surface area contributed by atoms with Crippen molar-refractivity contribution in [3.8, 4) is 5.75 Å². The highest BCUT2D eigenvalue weighted by Gasteiger charge is 2.35. The molecule has 2 aromatic carbocycles. The van der Waals surface area contributed by atoms with E-state index in [2.05, 4.69) is 11.4 Å². The monoisotopic (exact) mass is 335 g/mol. The third-order valence-corrected chi connectivity index (χ3v) is 4.58. The highest BCUT2D eigenvalue weighted by atomic mass is 16.5. The van der Waals surface area contributed by atoms with Crippen molar-refractivity contribution in [1.29, 1.82) is 0 Å². The van der Waals surface area contributed by atoms with Crippen LogP contribution in [0.1, 0.15) is 48.0 Å². The molecule has 4 rings (SSSR count). The molecule has 4 nitrogen and oxygen atoms in total. The van der Waals surface area contributed by atoms with Gasteiger partial charge in [0.1, 0.15) is 16.9 Å². The molecule has 0 aliphatic carbocycles. The number of ether oxygens (including phenoxy) is 1. The number of para-hydroxylation sites is 1. The third kappa shape index (κ3) is 3.00. The third-order valence-electron chi connectivity index (χ3n) is 4.58. The molecule has 3 aromatic rings. The quantitative estimate of drug-likeness (QED) is 0.733. The van der Waals surface area contributed by atoms with Crippen LogP contribution in [0, 0.1) is 6.92 Å². The number of rotatable bonds is 2. The fourth-order valence-corrected chi connectivity index (χ4v) is 3.43.